The summed E-state index contributed by atoms with van der Waals surface area (Å²) in [5, 5.41) is 0. The van der Waals surface area contributed by atoms with Crippen molar-refractivity contribution in [3.8, 4) is 0 Å². The number of hydrogen-bond acceptors (Lipinski definition) is 3. The zero-order valence-corrected chi connectivity index (χ0v) is 7.66. The van der Waals surface area contributed by atoms with Gasteiger partial charge in [-0.15, -0.1) is 0 Å². The Bertz CT molecular complexity index is 145. The highest BCUT2D eigenvalue weighted by atomic mass is 16.7. The van der Waals surface area contributed by atoms with Crippen LogP contribution in [0.3, 0.4) is 0 Å². The molecule has 12 heavy (non-hydrogen) atoms. The molecule has 0 aromatic rings. The molecule has 2 fully saturated rings. The van der Waals surface area contributed by atoms with Crippen molar-refractivity contribution >= 4 is 0 Å². The van der Waals surface area contributed by atoms with E-state index in [1.54, 1.807) is 0 Å². The molecule has 0 radical (unpaired) electrons. The number of rotatable bonds is 2. The molecule has 0 N–H and O–H groups in total. The van der Waals surface area contributed by atoms with Gasteiger partial charge in [0.15, 0.2) is 6.29 Å². The smallest absolute Gasteiger partial charge is 0.155 e. The third kappa shape index (κ3) is 1.97. The Morgan fingerprint density at radius 3 is 2.67 bits per heavy atom. The molecule has 2 heterocycles. The number of hydrogen-bond donors (Lipinski definition) is 0. The summed E-state index contributed by atoms with van der Waals surface area (Å²) in [6.07, 6.45) is 3.03. The molecule has 0 bridgehead atoms. The Morgan fingerprint density at radius 1 is 1.33 bits per heavy atom. The minimum atomic E-state index is 0.0117. The molecule has 0 spiro atoms. The van der Waals surface area contributed by atoms with Crippen molar-refractivity contribution in [2.45, 2.75) is 32.2 Å². The van der Waals surface area contributed by atoms with Gasteiger partial charge in [-0.3, -0.25) is 0 Å². The molecule has 2 aliphatic rings. The number of ether oxygens (including phenoxy) is 2. The number of likely N-dealkylation sites (tertiary alicyclic amines) is 1. The summed E-state index contributed by atoms with van der Waals surface area (Å²) in [5.41, 5.74) is 0. The maximum absolute atomic E-state index is 5.56. The van der Waals surface area contributed by atoms with Crippen LogP contribution in [0.1, 0.15) is 19.8 Å². The highest BCUT2D eigenvalue weighted by molar-refractivity contribution is 4.73. The highest BCUT2D eigenvalue weighted by Crippen LogP contribution is 2.14. The molecule has 3 nitrogen and oxygen atoms in total. The Hall–Kier alpha value is -0.120. The van der Waals surface area contributed by atoms with E-state index in [1.165, 1.54) is 25.9 Å². The van der Waals surface area contributed by atoms with Crippen LogP contribution in [0, 0.1) is 0 Å². The third-order valence-corrected chi connectivity index (χ3v) is 2.56. The van der Waals surface area contributed by atoms with E-state index in [-0.39, 0.29) is 6.29 Å². The van der Waals surface area contributed by atoms with Crippen LogP contribution in [-0.2, 0) is 9.47 Å². The summed E-state index contributed by atoms with van der Waals surface area (Å²) in [6.45, 7) is 6.29. The Labute approximate surface area is 73.6 Å². The normalized spacial score (nSPS) is 37.8. The van der Waals surface area contributed by atoms with Gasteiger partial charge in [-0.1, -0.05) is 0 Å². The molecule has 0 aromatic heterocycles. The van der Waals surface area contributed by atoms with E-state index >= 15 is 0 Å². The fourth-order valence-corrected chi connectivity index (χ4v) is 1.94. The molecule has 0 amide bonds. The van der Waals surface area contributed by atoms with Crippen molar-refractivity contribution < 1.29 is 9.47 Å². The monoisotopic (exact) mass is 171 g/mol. The molecule has 2 saturated heterocycles. The average Bonchev–Trinajstić information content (AvgIpc) is 2.63. The quantitative estimate of drug-likeness (QED) is 0.614. The molecule has 3 heteroatoms. The lowest BCUT2D eigenvalue weighted by Gasteiger charge is -2.17. The van der Waals surface area contributed by atoms with Crippen molar-refractivity contribution in [3.63, 3.8) is 0 Å². The van der Waals surface area contributed by atoms with Gasteiger partial charge in [0.25, 0.3) is 0 Å². The van der Waals surface area contributed by atoms with Gasteiger partial charge >= 0.3 is 0 Å². The predicted octanol–water partition coefficient (Wildman–Crippen LogP) is 0.844. The van der Waals surface area contributed by atoms with Gasteiger partial charge < -0.3 is 14.4 Å². The molecular weight excluding hydrogens is 154 g/mol. The molecule has 1 unspecified atom stereocenters. The lowest BCUT2D eigenvalue weighted by atomic mass is 10.3. The zero-order chi connectivity index (χ0) is 8.39. The van der Waals surface area contributed by atoms with Crippen LogP contribution in [0.4, 0.5) is 0 Å². The molecule has 0 saturated carbocycles. The van der Waals surface area contributed by atoms with Crippen molar-refractivity contribution in [2.75, 3.05) is 26.2 Å². The fraction of sp³-hybridized carbons (Fsp3) is 1.00. The van der Waals surface area contributed by atoms with Gasteiger partial charge in [-0.2, -0.15) is 0 Å². The molecular formula is C9H17NO2. The van der Waals surface area contributed by atoms with Crippen LogP contribution in [0.15, 0.2) is 0 Å². The van der Waals surface area contributed by atoms with E-state index in [9.17, 15) is 0 Å². The summed E-state index contributed by atoms with van der Waals surface area (Å²) >= 11 is 0. The lowest BCUT2D eigenvalue weighted by Crippen LogP contribution is -2.31. The van der Waals surface area contributed by atoms with Gasteiger partial charge in [0, 0.05) is 6.54 Å². The Morgan fingerprint density at radius 2 is 2.08 bits per heavy atom. The largest absolute Gasteiger partial charge is 0.350 e. The second kappa shape index (κ2) is 3.73. The molecule has 2 rings (SSSR count). The third-order valence-electron chi connectivity index (χ3n) is 2.56. The van der Waals surface area contributed by atoms with E-state index < -0.39 is 0 Å². The van der Waals surface area contributed by atoms with Gasteiger partial charge in [-0.25, -0.2) is 0 Å². The summed E-state index contributed by atoms with van der Waals surface area (Å²) in [7, 11) is 0. The Kier molecular flexibility index (Phi) is 2.63. The second-order valence-corrected chi connectivity index (χ2v) is 3.67. The van der Waals surface area contributed by atoms with Crippen molar-refractivity contribution in [3.05, 3.63) is 0 Å². The first-order chi connectivity index (χ1) is 5.84. The van der Waals surface area contributed by atoms with E-state index in [1.807, 2.05) is 6.92 Å². The van der Waals surface area contributed by atoms with E-state index in [4.69, 9.17) is 9.47 Å². The standard InChI is InChI=1S/C9H17NO2/c1-8-11-7-9(12-8)6-10-4-2-3-5-10/h8-9H,2-7H2,1H3/t8-,9?/m1/s1. The van der Waals surface area contributed by atoms with Crippen LogP contribution >= 0.6 is 0 Å². The highest BCUT2D eigenvalue weighted by Gasteiger charge is 2.25. The summed E-state index contributed by atoms with van der Waals surface area (Å²) in [6, 6.07) is 0. The van der Waals surface area contributed by atoms with Crippen LogP contribution in [0.5, 0.6) is 0 Å². The average molecular weight is 171 g/mol. The number of nitrogens with zero attached hydrogens (tertiary/aromatic N) is 1. The van der Waals surface area contributed by atoms with Crippen LogP contribution in [0.2, 0.25) is 0 Å². The maximum atomic E-state index is 5.56. The van der Waals surface area contributed by atoms with Crippen molar-refractivity contribution in [1.82, 2.24) is 4.90 Å². The minimum absolute atomic E-state index is 0.0117. The predicted molar refractivity (Wildman–Crippen MR) is 46.0 cm³/mol. The zero-order valence-electron chi connectivity index (χ0n) is 7.66. The first-order valence-electron chi connectivity index (χ1n) is 4.84. The molecule has 70 valence electrons. The minimum Gasteiger partial charge on any atom is -0.350 e. The van der Waals surface area contributed by atoms with E-state index in [0.29, 0.717) is 6.10 Å². The molecule has 2 aliphatic heterocycles. The molecule has 2 atom stereocenters. The SMILES string of the molecule is C[C@@H]1OCC(CN2CCCC2)O1. The van der Waals surface area contributed by atoms with Crippen LogP contribution < -0.4 is 0 Å². The van der Waals surface area contributed by atoms with Crippen molar-refractivity contribution in [2.24, 2.45) is 0 Å². The van der Waals surface area contributed by atoms with E-state index in [2.05, 4.69) is 4.90 Å². The maximum Gasteiger partial charge on any atom is 0.155 e. The fourth-order valence-electron chi connectivity index (χ4n) is 1.94. The van der Waals surface area contributed by atoms with Crippen molar-refractivity contribution in [1.29, 1.82) is 0 Å². The first kappa shape index (κ1) is 8.48. The lowest BCUT2D eigenvalue weighted by molar-refractivity contribution is -0.0460. The van der Waals surface area contributed by atoms with Gasteiger partial charge in [0.1, 0.15) is 0 Å². The molecule has 0 aromatic carbocycles. The Balaban J connectivity index is 1.72. The summed E-state index contributed by atoms with van der Waals surface area (Å²) in [5.74, 6) is 0. The van der Waals surface area contributed by atoms with Gasteiger partial charge in [0.05, 0.1) is 12.7 Å². The van der Waals surface area contributed by atoms with E-state index in [0.717, 1.165) is 13.2 Å². The summed E-state index contributed by atoms with van der Waals surface area (Å²) in [4.78, 5) is 2.46. The van der Waals surface area contributed by atoms with Gasteiger partial charge in [-0.05, 0) is 32.9 Å². The van der Waals surface area contributed by atoms with Crippen LogP contribution in [0.25, 0.3) is 0 Å². The summed E-state index contributed by atoms with van der Waals surface area (Å²) < 4.78 is 10.9. The van der Waals surface area contributed by atoms with Crippen LogP contribution in [-0.4, -0.2) is 43.5 Å². The second-order valence-electron chi connectivity index (χ2n) is 3.67. The topological polar surface area (TPSA) is 21.7 Å². The first-order valence-corrected chi connectivity index (χ1v) is 4.84. The van der Waals surface area contributed by atoms with Gasteiger partial charge in [0.2, 0.25) is 0 Å². The molecule has 0 aliphatic carbocycles.